The lowest BCUT2D eigenvalue weighted by molar-refractivity contribution is -0.117. The van der Waals surface area contributed by atoms with Crippen LogP contribution in [-0.4, -0.2) is 46.6 Å². The number of nitrogens with one attached hydrogen (secondary N) is 1. The van der Waals surface area contributed by atoms with E-state index in [-0.39, 0.29) is 18.6 Å². The molecule has 1 amide bonds. The average molecular weight is 257 g/mol. The Kier molecular flexibility index (Phi) is 6.10. The first-order valence-corrected chi connectivity index (χ1v) is 6.55. The zero-order valence-corrected chi connectivity index (χ0v) is 11.0. The van der Waals surface area contributed by atoms with Crippen molar-refractivity contribution in [2.45, 2.75) is 26.3 Å². The van der Waals surface area contributed by atoms with E-state index in [0.717, 1.165) is 6.54 Å². The smallest absolute Gasteiger partial charge is 0.240 e. The van der Waals surface area contributed by atoms with Crippen molar-refractivity contribution in [3.05, 3.63) is 11.6 Å². The minimum Gasteiger partial charge on any atom is -0.396 e. The highest BCUT2D eigenvalue weighted by molar-refractivity contribution is 7.13. The third-order valence-corrected chi connectivity index (χ3v) is 3.05. The van der Waals surface area contributed by atoms with Crippen LogP contribution < -0.4 is 5.32 Å². The molecular weight excluding hydrogens is 238 g/mol. The predicted molar refractivity (Wildman–Crippen MR) is 69.2 cm³/mol. The number of rotatable bonds is 7. The van der Waals surface area contributed by atoms with Crippen LogP contribution in [0.1, 0.15) is 20.3 Å². The van der Waals surface area contributed by atoms with E-state index in [1.54, 1.807) is 6.20 Å². The van der Waals surface area contributed by atoms with E-state index < -0.39 is 0 Å². The molecule has 1 aromatic rings. The van der Waals surface area contributed by atoms with Crippen LogP contribution in [0.25, 0.3) is 0 Å². The molecular formula is C11H19N3O2S. The van der Waals surface area contributed by atoms with Crippen molar-refractivity contribution in [1.29, 1.82) is 0 Å². The van der Waals surface area contributed by atoms with E-state index in [0.29, 0.717) is 18.1 Å². The number of anilines is 1. The normalized spacial score (nSPS) is 11.1. The van der Waals surface area contributed by atoms with Crippen molar-refractivity contribution in [2.24, 2.45) is 0 Å². The van der Waals surface area contributed by atoms with Gasteiger partial charge in [0.15, 0.2) is 5.13 Å². The van der Waals surface area contributed by atoms with Crippen LogP contribution in [0.2, 0.25) is 0 Å². The Morgan fingerprint density at radius 1 is 1.65 bits per heavy atom. The molecule has 0 aromatic carbocycles. The molecule has 0 saturated heterocycles. The number of amides is 1. The molecule has 17 heavy (non-hydrogen) atoms. The van der Waals surface area contributed by atoms with Gasteiger partial charge in [0.05, 0.1) is 6.54 Å². The van der Waals surface area contributed by atoms with Crippen molar-refractivity contribution in [3.63, 3.8) is 0 Å². The summed E-state index contributed by atoms with van der Waals surface area (Å²) in [5.41, 5.74) is 0. The Bertz CT molecular complexity index is 327. The highest BCUT2D eigenvalue weighted by Gasteiger charge is 2.14. The van der Waals surface area contributed by atoms with Gasteiger partial charge in [-0.2, -0.15) is 0 Å². The fourth-order valence-electron chi connectivity index (χ4n) is 1.42. The Labute approximate surface area is 105 Å². The number of carbonyl (C=O) groups is 1. The van der Waals surface area contributed by atoms with Gasteiger partial charge in [-0.05, 0) is 20.3 Å². The molecule has 0 aliphatic heterocycles. The van der Waals surface area contributed by atoms with Crippen LogP contribution in [0.3, 0.4) is 0 Å². The average Bonchev–Trinajstić information content (AvgIpc) is 2.76. The molecule has 0 bridgehead atoms. The Morgan fingerprint density at radius 3 is 2.94 bits per heavy atom. The predicted octanol–water partition coefficient (Wildman–Crippen LogP) is 1.17. The molecule has 0 unspecified atom stereocenters. The number of aliphatic hydroxyl groups excluding tert-OH is 1. The molecule has 0 aliphatic carbocycles. The molecule has 5 nitrogen and oxygen atoms in total. The van der Waals surface area contributed by atoms with E-state index >= 15 is 0 Å². The van der Waals surface area contributed by atoms with E-state index in [1.165, 1.54) is 11.3 Å². The molecule has 0 saturated carbocycles. The summed E-state index contributed by atoms with van der Waals surface area (Å²) in [4.78, 5) is 17.8. The maximum Gasteiger partial charge on any atom is 0.240 e. The summed E-state index contributed by atoms with van der Waals surface area (Å²) in [5, 5.41) is 14.0. The van der Waals surface area contributed by atoms with Crippen LogP contribution in [0.15, 0.2) is 11.6 Å². The Balaban J connectivity index is 2.40. The summed E-state index contributed by atoms with van der Waals surface area (Å²) in [6.45, 7) is 5.27. The van der Waals surface area contributed by atoms with Gasteiger partial charge in [-0.15, -0.1) is 11.3 Å². The summed E-state index contributed by atoms with van der Waals surface area (Å²) >= 11 is 1.40. The SMILES string of the molecule is CC(C)N(CCCO)CC(=O)Nc1nccs1. The van der Waals surface area contributed by atoms with E-state index in [2.05, 4.69) is 10.3 Å². The van der Waals surface area contributed by atoms with Crippen LogP contribution in [0, 0.1) is 0 Å². The van der Waals surface area contributed by atoms with E-state index in [9.17, 15) is 4.79 Å². The minimum absolute atomic E-state index is 0.0633. The van der Waals surface area contributed by atoms with Crippen LogP contribution in [0.4, 0.5) is 5.13 Å². The third kappa shape index (κ3) is 5.25. The Hall–Kier alpha value is -0.980. The van der Waals surface area contributed by atoms with Gasteiger partial charge in [-0.25, -0.2) is 4.98 Å². The molecule has 6 heteroatoms. The monoisotopic (exact) mass is 257 g/mol. The maximum atomic E-state index is 11.7. The number of carbonyl (C=O) groups excluding carboxylic acids is 1. The summed E-state index contributed by atoms with van der Waals surface area (Å²) in [7, 11) is 0. The molecule has 96 valence electrons. The number of hydrogen-bond donors (Lipinski definition) is 2. The van der Waals surface area contributed by atoms with Gasteiger partial charge < -0.3 is 10.4 Å². The lowest BCUT2D eigenvalue weighted by atomic mass is 10.3. The lowest BCUT2D eigenvalue weighted by Crippen LogP contribution is -2.38. The number of nitrogens with zero attached hydrogens (tertiary/aromatic N) is 2. The van der Waals surface area contributed by atoms with Crippen LogP contribution in [0.5, 0.6) is 0 Å². The summed E-state index contributed by atoms with van der Waals surface area (Å²) in [5.74, 6) is -0.0633. The first-order valence-electron chi connectivity index (χ1n) is 5.67. The molecule has 1 heterocycles. The molecule has 1 aromatic heterocycles. The molecule has 2 N–H and O–H groups in total. The second-order valence-corrected chi connectivity index (χ2v) is 4.92. The number of aromatic nitrogens is 1. The van der Waals surface area contributed by atoms with Gasteiger partial charge in [0.25, 0.3) is 0 Å². The quantitative estimate of drug-likeness (QED) is 0.769. The Morgan fingerprint density at radius 2 is 2.41 bits per heavy atom. The minimum atomic E-state index is -0.0633. The molecule has 0 aliphatic rings. The number of aliphatic hydroxyl groups is 1. The van der Waals surface area contributed by atoms with E-state index in [1.807, 2.05) is 24.1 Å². The zero-order chi connectivity index (χ0) is 12.7. The van der Waals surface area contributed by atoms with Gasteiger partial charge in [0.2, 0.25) is 5.91 Å². The maximum absolute atomic E-state index is 11.7. The number of hydrogen-bond acceptors (Lipinski definition) is 5. The van der Waals surface area contributed by atoms with Gasteiger partial charge >= 0.3 is 0 Å². The van der Waals surface area contributed by atoms with Gasteiger partial charge in [-0.1, -0.05) is 0 Å². The summed E-state index contributed by atoms with van der Waals surface area (Å²) in [6, 6.07) is 0.281. The first kappa shape index (κ1) is 14.1. The summed E-state index contributed by atoms with van der Waals surface area (Å²) < 4.78 is 0. The molecule has 1 rings (SSSR count). The fourth-order valence-corrected chi connectivity index (χ4v) is 1.97. The zero-order valence-electron chi connectivity index (χ0n) is 10.2. The third-order valence-electron chi connectivity index (χ3n) is 2.36. The molecule has 0 fully saturated rings. The van der Waals surface area contributed by atoms with Crippen molar-refractivity contribution in [1.82, 2.24) is 9.88 Å². The molecule has 0 spiro atoms. The van der Waals surface area contributed by atoms with Gasteiger partial charge in [0.1, 0.15) is 0 Å². The topological polar surface area (TPSA) is 65.5 Å². The first-order chi connectivity index (χ1) is 8.13. The largest absolute Gasteiger partial charge is 0.396 e. The second-order valence-electron chi connectivity index (χ2n) is 4.03. The highest BCUT2D eigenvalue weighted by atomic mass is 32.1. The van der Waals surface area contributed by atoms with Gasteiger partial charge in [0, 0.05) is 30.8 Å². The van der Waals surface area contributed by atoms with Crippen molar-refractivity contribution in [2.75, 3.05) is 25.0 Å². The second kappa shape index (κ2) is 7.37. The molecule has 0 atom stereocenters. The van der Waals surface area contributed by atoms with Gasteiger partial charge in [-0.3, -0.25) is 9.69 Å². The summed E-state index contributed by atoms with van der Waals surface area (Å²) in [6.07, 6.45) is 2.34. The lowest BCUT2D eigenvalue weighted by Gasteiger charge is -2.25. The highest BCUT2D eigenvalue weighted by Crippen LogP contribution is 2.10. The fraction of sp³-hybridized carbons (Fsp3) is 0.636. The standard InChI is InChI=1S/C11H19N3O2S/c1-9(2)14(5-3-6-15)8-10(16)13-11-12-4-7-17-11/h4,7,9,15H,3,5-6,8H2,1-2H3,(H,12,13,16). The molecule has 0 radical (unpaired) electrons. The number of thiazole rings is 1. The van der Waals surface area contributed by atoms with Crippen molar-refractivity contribution in [3.8, 4) is 0 Å². The van der Waals surface area contributed by atoms with Crippen LogP contribution in [-0.2, 0) is 4.79 Å². The van der Waals surface area contributed by atoms with Crippen LogP contribution >= 0.6 is 11.3 Å². The van der Waals surface area contributed by atoms with Crippen molar-refractivity contribution >= 4 is 22.4 Å². The van der Waals surface area contributed by atoms with E-state index in [4.69, 9.17) is 5.11 Å². The van der Waals surface area contributed by atoms with Crippen molar-refractivity contribution < 1.29 is 9.90 Å².